The van der Waals surface area contributed by atoms with Crippen LogP contribution in [-0.2, 0) is 14.6 Å². The number of halogens is 1. The fraction of sp³-hybridized carbons (Fsp3) is 0.611. The van der Waals surface area contributed by atoms with Gasteiger partial charge in [0.2, 0.25) is 5.91 Å². The van der Waals surface area contributed by atoms with Crippen molar-refractivity contribution < 1.29 is 18.3 Å². The van der Waals surface area contributed by atoms with Crippen molar-refractivity contribution in [1.29, 1.82) is 0 Å². The van der Waals surface area contributed by atoms with Gasteiger partial charge in [0.1, 0.15) is 0 Å². The molecule has 6 nitrogen and oxygen atoms in total. The summed E-state index contributed by atoms with van der Waals surface area (Å²) in [6.07, 6.45) is 1.65. The Labute approximate surface area is 161 Å². The minimum absolute atomic E-state index is 0. The number of aryl methyl sites for hydroxylation is 1. The summed E-state index contributed by atoms with van der Waals surface area (Å²) < 4.78 is 25.1. The quantitative estimate of drug-likeness (QED) is 0.687. The first-order valence-corrected chi connectivity index (χ1v) is 10.3. The number of benzene rings is 1. The van der Waals surface area contributed by atoms with E-state index >= 15 is 0 Å². The van der Waals surface area contributed by atoms with Gasteiger partial charge < -0.3 is 15.7 Å². The molecule has 0 aromatic heterocycles. The number of carbonyl (C=O) groups excluding carboxylic acids is 1. The van der Waals surface area contributed by atoms with Crippen molar-refractivity contribution in [3.05, 3.63) is 29.8 Å². The third kappa shape index (κ3) is 3.76. The van der Waals surface area contributed by atoms with E-state index in [9.17, 15) is 18.3 Å². The normalized spacial score (nSPS) is 24.8. The second-order valence-corrected chi connectivity index (χ2v) is 9.47. The summed E-state index contributed by atoms with van der Waals surface area (Å²) in [6, 6.07) is 6.69. The van der Waals surface area contributed by atoms with Crippen molar-refractivity contribution in [1.82, 2.24) is 10.6 Å². The van der Waals surface area contributed by atoms with E-state index in [0.29, 0.717) is 25.9 Å². The van der Waals surface area contributed by atoms with Crippen LogP contribution in [0.5, 0.6) is 0 Å². The molecule has 0 spiro atoms. The number of β-amino-alcohol motifs (C(OH)–C–C–N with tert-alkyl or cyclic N) is 1. The summed E-state index contributed by atoms with van der Waals surface area (Å²) >= 11 is 0. The molecule has 2 fully saturated rings. The Bertz CT molecular complexity index is 730. The maximum atomic E-state index is 13.2. The first kappa shape index (κ1) is 21.2. The molecular weight excluding hydrogens is 376 g/mol. The Hall–Kier alpha value is -1.15. The molecule has 2 atom stereocenters. The lowest BCUT2D eigenvalue weighted by molar-refractivity contribution is -0.123. The Morgan fingerprint density at radius 2 is 1.85 bits per heavy atom. The van der Waals surface area contributed by atoms with Gasteiger partial charge in [0, 0.05) is 25.6 Å². The smallest absolute Gasteiger partial charge is 0.241 e. The lowest BCUT2D eigenvalue weighted by Crippen LogP contribution is -2.52. The van der Waals surface area contributed by atoms with Gasteiger partial charge in [-0.1, -0.05) is 30.5 Å². The lowest BCUT2D eigenvalue weighted by atomic mass is 10.0. The largest absolute Gasteiger partial charge is 0.391 e. The lowest BCUT2D eigenvalue weighted by Gasteiger charge is -2.28. The molecule has 146 valence electrons. The van der Waals surface area contributed by atoms with Gasteiger partial charge >= 0.3 is 0 Å². The molecule has 2 aliphatic rings. The number of aliphatic hydroxyl groups excluding tert-OH is 1. The van der Waals surface area contributed by atoms with Crippen LogP contribution in [-0.4, -0.2) is 49.9 Å². The molecule has 1 aliphatic heterocycles. The van der Waals surface area contributed by atoms with E-state index in [4.69, 9.17) is 0 Å². The van der Waals surface area contributed by atoms with E-state index in [0.717, 1.165) is 18.4 Å². The van der Waals surface area contributed by atoms with Gasteiger partial charge in [-0.15, -0.1) is 12.4 Å². The van der Waals surface area contributed by atoms with Crippen LogP contribution in [0, 0.1) is 12.8 Å². The number of aliphatic hydroxyl groups is 1. The van der Waals surface area contributed by atoms with E-state index in [-0.39, 0.29) is 29.8 Å². The van der Waals surface area contributed by atoms with Crippen LogP contribution in [0.25, 0.3) is 0 Å². The minimum atomic E-state index is -3.77. The second-order valence-electron chi connectivity index (χ2n) is 7.21. The molecule has 3 rings (SSSR count). The number of hydrogen-bond acceptors (Lipinski definition) is 5. The van der Waals surface area contributed by atoms with Crippen LogP contribution in [0.3, 0.4) is 0 Å². The Morgan fingerprint density at radius 1 is 1.23 bits per heavy atom. The Balaban J connectivity index is 0.00000243. The molecule has 1 aliphatic carbocycles. The van der Waals surface area contributed by atoms with E-state index in [2.05, 4.69) is 10.6 Å². The highest BCUT2D eigenvalue weighted by Gasteiger charge is 2.52. The van der Waals surface area contributed by atoms with E-state index in [1.54, 1.807) is 24.3 Å². The molecule has 1 saturated heterocycles. The van der Waals surface area contributed by atoms with Gasteiger partial charge in [-0.05, 0) is 31.9 Å². The summed E-state index contributed by atoms with van der Waals surface area (Å²) in [4.78, 5) is 13.1. The fourth-order valence-electron chi connectivity index (χ4n) is 3.82. The molecule has 0 radical (unpaired) electrons. The molecule has 0 bridgehead atoms. The van der Waals surface area contributed by atoms with E-state index in [1.165, 1.54) is 0 Å². The highest BCUT2D eigenvalue weighted by Crippen LogP contribution is 2.40. The number of carbonyl (C=O) groups is 1. The van der Waals surface area contributed by atoms with Crippen molar-refractivity contribution in [2.45, 2.75) is 48.4 Å². The second kappa shape index (κ2) is 8.25. The third-order valence-electron chi connectivity index (χ3n) is 5.50. The average molecular weight is 403 g/mol. The summed E-state index contributed by atoms with van der Waals surface area (Å²) in [5, 5.41) is 15.7. The summed E-state index contributed by atoms with van der Waals surface area (Å²) in [7, 11) is -3.77. The number of rotatable bonds is 5. The maximum absolute atomic E-state index is 13.2. The van der Waals surface area contributed by atoms with Crippen molar-refractivity contribution in [3.8, 4) is 0 Å². The summed E-state index contributed by atoms with van der Waals surface area (Å²) in [5.74, 6) is -0.505. The van der Waals surface area contributed by atoms with Gasteiger partial charge in [-0.2, -0.15) is 0 Å². The third-order valence-corrected chi connectivity index (χ3v) is 8.01. The van der Waals surface area contributed by atoms with Crippen LogP contribution in [0.1, 0.15) is 31.2 Å². The maximum Gasteiger partial charge on any atom is 0.241 e. The van der Waals surface area contributed by atoms with Gasteiger partial charge in [-0.25, -0.2) is 8.42 Å². The number of hydrogen-bond donors (Lipinski definition) is 3. The molecule has 1 saturated carbocycles. The van der Waals surface area contributed by atoms with Crippen molar-refractivity contribution in [2.24, 2.45) is 5.92 Å². The number of sulfone groups is 1. The zero-order valence-electron chi connectivity index (χ0n) is 14.9. The van der Waals surface area contributed by atoms with Crippen LogP contribution in [0.15, 0.2) is 29.2 Å². The highest BCUT2D eigenvalue weighted by atomic mass is 35.5. The highest BCUT2D eigenvalue weighted by molar-refractivity contribution is 7.93. The average Bonchev–Trinajstić information content (AvgIpc) is 3.23. The Morgan fingerprint density at radius 3 is 2.38 bits per heavy atom. The predicted molar refractivity (Wildman–Crippen MR) is 102 cm³/mol. The molecular formula is C18H27ClN2O4S. The summed E-state index contributed by atoms with van der Waals surface area (Å²) in [5.41, 5.74) is 0.978. The predicted octanol–water partition coefficient (Wildman–Crippen LogP) is 1.20. The molecule has 1 aromatic rings. The topological polar surface area (TPSA) is 95.5 Å². The SMILES string of the molecule is Cc1ccc(S(=O)(=O)C2(C(=O)NCC3CNCC3O)CCCC2)cc1.Cl. The zero-order valence-corrected chi connectivity index (χ0v) is 16.5. The van der Waals surface area contributed by atoms with Gasteiger partial charge in [0.25, 0.3) is 0 Å². The van der Waals surface area contributed by atoms with Crippen LogP contribution >= 0.6 is 12.4 Å². The van der Waals surface area contributed by atoms with Crippen molar-refractivity contribution >= 4 is 28.2 Å². The molecule has 3 N–H and O–H groups in total. The van der Waals surface area contributed by atoms with Crippen molar-refractivity contribution in [2.75, 3.05) is 19.6 Å². The van der Waals surface area contributed by atoms with E-state index < -0.39 is 26.6 Å². The molecule has 1 amide bonds. The van der Waals surface area contributed by atoms with Crippen LogP contribution in [0.4, 0.5) is 0 Å². The van der Waals surface area contributed by atoms with Crippen LogP contribution < -0.4 is 10.6 Å². The zero-order chi connectivity index (χ0) is 18.1. The fourth-order valence-corrected chi connectivity index (χ4v) is 5.91. The first-order valence-electron chi connectivity index (χ1n) is 8.85. The van der Waals surface area contributed by atoms with Crippen LogP contribution in [0.2, 0.25) is 0 Å². The van der Waals surface area contributed by atoms with E-state index in [1.807, 2.05) is 6.92 Å². The molecule has 1 heterocycles. The molecule has 26 heavy (non-hydrogen) atoms. The standard InChI is InChI=1S/C18H26N2O4S.ClH/c1-13-4-6-15(7-5-13)25(23,24)18(8-2-3-9-18)17(22)20-11-14-10-19-12-16(14)21;/h4-7,14,16,19,21H,2-3,8-12H2,1H3,(H,20,22);1H. The Kier molecular flexibility index (Phi) is 6.71. The molecule has 1 aromatic carbocycles. The van der Waals surface area contributed by atoms with Gasteiger partial charge in [0.15, 0.2) is 14.6 Å². The number of amides is 1. The first-order chi connectivity index (χ1) is 11.9. The van der Waals surface area contributed by atoms with Crippen molar-refractivity contribution in [3.63, 3.8) is 0 Å². The van der Waals surface area contributed by atoms with Gasteiger partial charge in [0.05, 0.1) is 11.0 Å². The monoisotopic (exact) mass is 402 g/mol. The van der Waals surface area contributed by atoms with Gasteiger partial charge in [-0.3, -0.25) is 4.79 Å². The minimum Gasteiger partial charge on any atom is -0.391 e. The number of nitrogens with one attached hydrogen (secondary N) is 2. The molecule has 2 unspecified atom stereocenters. The summed E-state index contributed by atoms with van der Waals surface area (Å²) in [6.45, 7) is 3.32. The molecule has 8 heteroatoms.